The van der Waals surface area contributed by atoms with E-state index in [1.807, 2.05) is 0 Å². The van der Waals surface area contributed by atoms with Crippen molar-refractivity contribution >= 4 is 0 Å². The Labute approximate surface area is 82.7 Å². The van der Waals surface area contributed by atoms with E-state index in [4.69, 9.17) is 0 Å². The van der Waals surface area contributed by atoms with Gasteiger partial charge in [-0.25, -0.2) is 0 Å². The van der Waals surface area contributed by atoms with Crippen molar-refractivity contribution in [2.45, 2.75) is 40.0 Å². The number of rotatable bonds is 2. The van der Waals surface area contributed by atoms with Crippen LogP contribution in [0.25, 0.3) is 0 Å². The van der Waals surface area contributed by atoms with Gasteiger partial charge in [0, 0.05) is 0 Å². The molecule has 1 rings (SSSR count). The first-order chi connectivity index (χ1) is 5.99. The van der Waals surface area contributed by atoms with Crippen LogP contribution in [0.3, 0.4) is 0 Å². The first kappa shape index (κ1) is 10.6. The highest BCUT2D eigenvalue weighted by Crippen LogP contribution is 2.46. The molecule has 0 aliphatic heterocycles. The first-order valence-corrected chi connectivity index (χ1v) is 5.30. The zero-order valence-electron chi connectivity index (χ0n) is 9.27. The van der Waals surface area contributed by atoms with E-state index in [2.05, 4.69) is 40.0 Å². The highest BCUT2D eigenvalue weighted by molar-refractivity contribution is 5.12. The molecule has 0 N–H and O–H groups in total. The lowest BCUT2D eigenvalue weighted by molar-refractivity contribution is 0.153. The van der Waals surface area contributed by atoms with Crippen LogP contribution in [0.1, 0.15) is 40.0 Å². The molecular formula is C13H22. The van der Waals surface area contributed by atoms with Crippen molar-refractivity contribution in [1.82, 2.24) is 0 Å². The smallest absolute Gasteiger partial charge is 0.00814 e. The van der Waals surface area contributed by atoms with Crippen molar-refractivity contribution in [3.05, 3.63) is 24.8 Å². The molecule has 0 heteroatoms. The third-order valence-corrected chi connectivity index (χ3v) is 3.56. The predicted octanol–water partition coefficient (Wildman–Crippen LogP) is 4.19. The minimum absolute atomic E-state index is 0.295. The summed E-state index contributed by atoms with van der Waals surface area (Å²) in [5.74, 6) is 1.55. The SMILES string of the molecule is C=CC1(C)CC(=C)CC[C@H]1C(C)C. The Morgan fingerprint density at radius 1 is 1.54 bits per heavy atom. The van der Waals surface area contributed by atoms with E-state index < -0.39 is 0 Å². The largest absolute Gasteiger partial charge is 0.103 e. The topological polar surface area (TPSA) is 0 Å². The maximum absolute atomic E-state index is 4.10. The summed E-state index contributed by atoms with van der Waals surface area (Å²) in [4.78, 5) is 0. The molecule has 74 valence electrons. The summed E-state index contributed by atoms with van der Waals surface area (Å²) in [6.07, 6.45) is 5.78. The Morgan fingerprint density at radius 3 is 2.62 bits per heavy atom. The van der Waals surface area contributed by atoms with E-state index in [-0.39, 0.29) is 0 Å². The first-order valence-electron chi connectivity index (χ1n) is 5.30. The number of hydrogen-bond donors (Lipinski definition) is 0. The van der Waals surface area contributed by atoms with Gasteiger partial charge in [0.1, 0.15) is 0 Å². The molecule has 0 amide bonds. The molecular weight excluding hydrogens is 156 g/mol. The van der Waals surface area contributed by atoms with Gasteiger partial charge in [-0.05, 0) is 36.5 Å². The van der Waals surface area contributed by atoms with Crippen molar-refractivity contribution in [2.75, 3.05) is 0 Å². The normalized spacial score (nSPS) is 35.1. The average Bonchev–Trinajstić information content (AvgIpc) is 2.03. The third kappa shape index (κ3) is 2.04. The standard InChI is InChI=1S/C13H22/c1-6-13(5)9-11(4)7-8-12(13)10(2)3/h6,10,12H,1,4,7-9H2,2-3,5H3/t12-,13?/m0/s1. The summed E-state index contributed by atoms with van der Waals surface area (Å²) in [5.41, 5.74) is 1.70. The molecule has 0 spiro atoms. The van der Waals surface area contributed by atoms with Gasteiger partial charge in [0.15, 0.2) is 0 Å². The van der Waals surface area contributed by atoms with Gasteiger partial charge in [-0.1, -0.05) is 39.0 Å². The van der Waals surface area contributed by atoms with Gasteiger partial charge >= 0.3 is 0 Å². The molecule has 1 unspecified atom stereocenters. The van der Waals surface area contributed by atoms with Crippen molar-refractivity contribution in [3.63, 3.8) is 0 Å². The van der Waals surface area contributed by atoms with Crippen LogP contribution in [0.2, 0.25) is 0 Å². The Balaban J connectivity index is 2.83. The lowest BCUT2D eigenvalue weighted by Gasteiger charge is -2.42. The molecule has 0 nitrogen and oxygen atoms in total. The predicted molar refractivity (Wildman–Crippen MR) is 59.6 cm³/mol. The maximum Gasteiger partial charge on any atom is -0.00814 e. The van der Waals surface area contributed by atoms with Gasteiger partial charge in [0.05, 0.1) is 0 Å². The molecule has 1 fully saturated rings. The zero-order chi connectivity index (χ0) is 10.1. The summed E-state index contributed by atoms with van der Waals surface area (Å²) in [6, 6.07) is 0. The van der Waals surface area contributed by atoms with Crippen LogP contribution in [-0.4, -0.2) is 0 Å². The molecule has 0 aromatic heterocycles. The summed E-state index contributed by atoms with van der Waals surface area (Å²) in [7, 11) is 0. The molecule has 0 radical (unpaired) electrons. The van der Waals surface area contributed by atoms with Gasteiger partial charge in [-0.3, -0.25) is 0 Å². The van der Waals surface area contributed by atoms with E-state index in [1.165, 1.54) is 18.4 Å². The fourth-order valence-electron chi connectivity index (χ4n) is 2.77. The quantitative estimate of drug-likeness (QED) is 0.556. The molecule has 1 aliphatic carbocycles. The van der Waals surface area contributed by atoms with Crippen LogP contribution in [-0.2, 0) is 0 Å². The lowest BCUT2D eigenvalue weighted by Crippen LogP contribution is -2.33. The molecule has 1 aliphatic rings. The summed E-state index contributed by atoms with van der Waals surface area (Å²) in [6.45, 7) is 15.1. The second kappa shape index (κ2) is 3.69. The van der Waals surface area contributed by atoms with E-state index in [9.17, 15) is 0 Å². The summed E-state index contributed by atoms with van der Waals surface area (Å²) < 4.78 is 0. The Bertz CT molecular complexity index is 212. The molecule has 0 bridgehead atoms. The molecule has 2 atom stereocenters. The fourth-order valence-corrected chi connectivity index (χ4v) is 2.77. The minimum atomic E-state index is 0.295. The Hall–Kier alpha value is -0.520. The van der Waals surface area contributed by atoms with E-state index in [0.717, 1.165) is 18.3 Å². The average molecular weight is 178 g/mol. The van der Waals surface area contributed by atoms with Gasteiger partial charge in [-0.15, -0.1) is 6.58 Å². The van der Waals surface area contributed by atoms with Crippen molar-refractivity contribution in [2.24, 2.45) is 17.3 Å². The van der Waals surface area contributed by atoms with Gasteiger partial charge < -0.3 is 0 Å². The van der Waals surface area contributed by atoms with Crippen LogP contribution in [0.5, 0.6) is 0 Å². The van der Waals surface area contributed by atoms with E-state index in [0.29, 0.717) is 5.41 Å². The fraction of sp³-hybridized carbons (Fsp3) is 0.692. The van der Waals surface area contributed by atoms with Gasteiger partial charge in [-0.2, -0.15) is 0 Å². The molecule has 0 aromatic rings. The minimum Gasteiger partial charge on any atom is -0.103 e. The highest BCUT2D eigenvalue weighted by Gasteiger charge is 2.36. The Kier molecular flexibility index (Phi) is 3.00. The van der Waals surface area contributed by atoms with E-state index in [1.54, 1.807) is 0 Å². The Morgan fingerprint density at radius 2 is 2.15 bits per heavy atom. The van der Waals surface area contributed by atoms with Crippen LogP contribution in [0, 0.1) is 17.3 Å². The highest BCUT2D eigenvalue weighted by atomic mass is 14.4. The van der Waals surface area contributed by atoms with Gasteiger partial charge in [0.2, 0.25) is 0 Å². The molecule has 0 saturated heterocycles. The third-order valence-electron chi connectivity index (χ3n) is 3.56. The molecule has 13 heavy (non-hydrogen) atoms. The van der Waals surface area contributed by atoms with E-state index >= 15 is 0 Å². The van der Waals surface area contributed by atoms with Crippen molar-refractivity contribution < 1.29 is 0 Å². The second-order valence-corrected chi connectivity index (χ2v) is 5.03. The van der Waals surface area contributed by atoms with Gasteiger partial charge in [0.25, 0.3) is 0 Å². The monoisotopic (exact) mass is 178 g/mol. The van der Waals surface area contributed by atoms with Crippen LogP contribution in [0.4, 0.5) is 0 Å². The lowest BCUT2D eigenvalue weighted by atomic mass is 9.62. The molecule has 1 saturated carbocycles. The zero-order valence-corrected chi connectivity index (χ0v) is 9.27. The molecule has 0 heterocycles. The second-order valence-electron chi connectivity index (χ2n) is 5.03. The van der Waals surface area contributed by atoms with Crippen LogP contribution >= 0.6 is 0 Å². The number of allylic oxidation sites excluding steroid dienone is 2. The van der Waals surface area contributed by atoms with Crippen LogP contribution < -0.4 is 0 Å². The van der Waals surface area contributed by atoms with Crippen LogP contribution in [0.15, 0.2) is 24.8 Å². The maximum atomic E-state index is 4.10. The molecule has 0 aromatic carbocycles. The number of hydrogen-bond acceptors (Lipinski definition) is 0. The van der Waals surface area contributed by atoms with Crippen molar-refractivity contribution in [3.8, 4) is 0 Å². The summed E-state index contributed by atoms with van der Waals surface area (Å²) >= 11 is 0. The summed E-state index contributed by atoms with van der Waals surface area (Å²) in [5, 5.41) is 0. The van der Waals surface area contributed by atoms with Crippen molar-refractivity contribution in [1.29, 1.82) is 0 Å².